The molecule has 1 aliphatic rings. The molecule has 2 aromatic carbocycles. The van der Waals surface area contributed by atoms with E-state index in [1.54, 1.807) is 6.07 Å². The lowest BCUT2D eigenvalue weighted by molar-refractivity contribution is -0.116. The zero-order valence-electron chi connectivity index (χ0n) is 11.3. The summed E-state index contributed by atoms with van der Waals surface area (Å²) < 4.78 is 5.90. The maximum absolute atomic E-state index is 11.4. The van der Waals surface area contributed by atoms with E-state index in [1.165, 1.54) is 0 Å². The SMILES string of the molecule is Cc1ccccc1Oc1cc2c(cc1N)NC(=O)CC2. The van der Waals surface area contributed by atoms with Crippen molar-refractivity contribution in [3.05, 3.63) is 47.5 Å². The number of ether oxygens (including phenoxy) is 1. The number of benzene rings is 2. The van der Waals surface area contributed by atoms with Crippen molar-refractivity contribution < 1.29 is 9.53 Å². The van der Waals surface area contributed by atoms with E-state index in [1.807, 2.05) is 37.3 Å². The summed E-state index contributed by atoms with van der Waals surface area (Å²) in [7, 11) is 0. The number of nitrogens with two attached hydrogens (primary N) is 1. The maximum atomic E-state index is 11.4. The molecule has 0 saturated carbocycles. The lowest BCUT2D eigenvalue weighted by atomic mass is 10.0. The van der Waals surface area contributed by atoms with Gasteiger partial charge in [-0.1, -0.05) is 18.2 Å². The van der Waals surface area contributed by atoms with Crippen LogP contribution >= 0.6 is 0 Å². The molecule has 0 unspecified atom stereocenters. The van der Waals surface area contributed by atoms with Crippen LogP contribution in [0.3, 0.4) is 0 Å². The highest BCUT2D eigenvalue weighted by Gasteiger charge is 2.17. The molecule has 1 amide bonds. The summed E-state index contributed by atoms with van der Waals surface area (Å²) in [4.78, 5) is 11.4. The predicted octanol–water partition coefficient (Wildman–Crippen LogP) is 3.25. The molecule has 102 valence electrons. The highest BCUT2D eigenvalue weighted by molar-refractivity contribution is 5.94. The molecule has 0 saturated heterocycles. The van der Waals surface area contributed by atoms with E-state index < -0.39 is 0 Å². The molecule has 4 heteroatoms. The number of amides is 1. The fraction of sp³-hybridized carbons (Fsp3) is 0.188. The number of fused-ring (bicyclic) bond motifs is 1. The first-order valence-electron chi connectivity index (χ1n) is 6.59. The second-order valence-electron chi connectivity index (χ2n) is 4.96. The van der Waals surface area contributed by atoms with Gasteiger partial charge in [0.1, 0.15) is 5.75 Å². The average molecular weight is 268 g/mol. The summed E-state index contributed by atoms with van der Waals surface area (Å²) >= 11 is 0. The van der Waals surface area contributed by atoms with Crippen molar-refractivity contribution in [2.75, 3.05) is 11.1 Å². The smallest absolute Gasteiger partial charge is 0.224 e. The predicted molar refractivity (Wildman–Crippen MR) is 79.1 cm³/mol. The molecule has 20 heavy (non-hydrogen) atoms. The molecular formula is C16H16N2O2. The fourth-order valence-electron chi connectivity index (χ4n) is 2.30. The standard InChI is InChI=1S/C16H16N2O2/c1-10-4-2-3-5-14(10)20-15-8-11-6-7-16(19)18-13(11)9-12(15)17/h2-5,8-9H,6-7,17H2,1H3,(H,18,19). The summed E-state index contributed by atoms with van der Waals surface area (Å²) in [6, 6.07) is 11.5. The maximum Gasteiger partial charge on any atom is 0.224 e. The van der Waals surface area contributed by atoms with Crippen LogP contribution in [0.2, 0.25) is 0 Å². The van der Waals surface area contributed by atoms with Gasteiger partial charge in [-0.3, -0.25) is 4.79 Å². The number of carbonyl (C=O) groups is 1. The van der Waals surface area contributed by atoms with E-state index in [0.717, 1.165) is 22.6 Å². The topological polar surface area (TPSA) is 64.3 Å². The van der Waals surface area contributed by atoms with E-state index in [2.05, 4.69) is 5.32 Å². The lowest BCUT2D eigenvalue weighted by Gasteiger charge is -2.19. The summed E-state index contributed by atoms with van der Waals surface area (Å²) in [5, 5.41) is 2.83. The van der Waals surface area contributed by atoms with Crippen molar-refractivity contribution in [3.8, 4) is 11.5 Å². The highest BCUT2D eigenvalue weighted by atomic mass is 16.5. The Morgan fingerprint density at radius 1 is 1.15 bits per heavy atom. The van der Waals surface area contributed by atoms with Crippen LogP contribution in [0.5, 0.6) is 11.5 Å². The molecule has 0 atom stereocenters. The van der Waals surface area contributed by atoms with Gasteiger partial charge in [0.2, 0.25) is 5.91 Å². The number of hydrogen-bond donors (Lipinski definition) is 2. The van der Waals surface area contributed by atoms with E-state index >= 15 is 0 Å². The number of rotatable bonds is 2. The van der Waals surface area contributed by atoms with Crippen molar-refractivity contribution in [1.29, 1.82) is 0 Å². The Morgan fingerprint density at radius 2 is 1.95 bits per heavy atom. The van der Waals surface area contributed by atoms with Gasteiger partial charge in [0, 0.05) is 12.1 Å². The van der Waals surface area contributed by atoms with Crippen molar-refractivity contribution >= 4 is 17.3 Å². The minimum absolute atomic E-state index is 0.0319. The fourth-order valence-corrected chi connectivity index (χ4v) is 2.30. The normalized spacial score (nSPS) is 13.6. The first kappa shape index (κ1) is 12.5. The first-order valence-corrected chi connectivity index (χ1v) is 6.59. The molecule has 0 aliphatic carbocycles. The van der Waals surface area contributed by atoms with Gasteiger partial charge in [0.05, 0.1) is 5.69 Å². The van der Waals surface area contributed by atoms with Crippen LogP contribution in [0, 0.1) is 6.92 Å². The van der Waals surface area contributed by atoms with Crippen molar-refractivity contribution in [2.24, 2.45) is 0 Å². The Kier molecular flexibility index (Phi) is 3.06. The number of aryl methyl sites for hydroxylation is 2. The molecule has 0 radical (unpaired) electrons. The number of hydrogen-bond acceptors (Lipinski definition) is 3. The highest BCUT2D eigenvalue weighted by Crippen LogP contribution is 2.35. The molecule has 1 heterocycles. The number of para-hydroxylation sites is 1. The van der Waals surface area contributed by atoms with Crippen LogP contribution < -0.4 is 15.8 Å². The third-order valence-corrected chi connectivity index (χ3v) is 3.44. The minimum atomic E-state index is 0.0319. The molecule has 3 rings (SSSR count). The molecule has 0 fully saturated rings. The number of carbonyl (C=O) groups excluding carboxylic acids is 1. The minimum Gasteiger partial charge on any atom is -0.455 e. The lowest BCUT2D eigenvalue weighted by Crippen LogP contribution is -2.19. The molecule has 0 aromatic heterocycles. The van der Waals surface area contributed by atoms with E-state index in [-0.39, 0.29) is 5.91 Å². The van der Waals surface area contributed by atoms with Crippen molar-refractivity contribution in [1.82, 2.24) is 0 Å². The second kappa shape index (κ2) is 4.89. The summed E-state index contributed by atoms with van der Waals surface area (Å²) in [6.45, 7) is 1.99. The van der Waals surface area contributed by atoms with E-state index in [9.17, 15) is 4.79 Å². The molecule has 3 N–H and O–H groups in total. The summed E-state index contributed by atoms with van der Waals surface area (Å²) in [5.74, 6) is 1.46. The van der Waals surface area contributed by atoms with Crippen LogP contribution in [0.1, 0.15) is 17.5 Å². The number of anilines is 2. The second-order valence-corrected chi connectivity index (χ2v) is 4.96. The number of nitrogen functional groups attached to an aromatic ring is 1. The Bertz CT molecular complexity index is 680. The van der Waals surface area contributed by atoms with Gasteiger partial charge < -0.3 is 15.8 Å². The third kappa shape index (κ3) is 2.32. The van der Waals surface area contributed by atoms with Crippen LogP contribution in [-0.4, -0.2) is 5.91 Å². The zero-order valence-corrected chi connectivity index (χ0v) is 11.3. The largest absolute Gasteiger partial charge is 0.455 e. The third-order valence-electron chi connectivity index (χ3n) is 3.44. The first-order chi connectivity index (χ1) is 9.63. The van der Waals surface area contributed by atoms with E-state index in [0.29, 0.717) is 24.3 Å². The molecule has 2 aromatic rings. The molecule has 0 bridgehead atoms. The van der Waals surface area contributed by atoms with Gasteiger partial charge >= 0.3 is 0 Å². The molecule has 0 spiro atoms. The monoisotopic (exact) mass is 268 g/mol. The van der Waals surface area contributed by atoms with Crippen LogP contribution in [0.4, 0.5) is 11.4 Å². The van der Waals surface area contributed by atoms with Gasteiger partial charge in [-0.15, -0.1) is 0 Å². The molecule has 4 nitrogen and oxygen atoms in total. The van der Waals surface area contributed by atoms with Gasteiger partial charge in [-0.2, -0.15) is 0 Å². The van der Waals surface area contributed by atoms with E-state index in [4.69, 9.17) is 10.5 Å². The van der Waals surface area contributed by atoms with Gasteiger partial charge in [-0.25, -0.2) is 0 Å². The Balaban J connectivity index is 1.95. The summed E-state index contributed by atoms with van der Waals surface area (Å²) in [6.07, 6.45) is 1.21. The van der Waals surface area contributed by atoms with Crippen molar-refractivity contribution in [2.45, 2.75) is 19.8 Å². The Hall–Kier alpha value is -2.49. The summed E-state index contributed by atoms with van der Waals surface area (Å²) in [5.41, 5.74) is 9.43. The zero-order chi connectivity index (χ0) is 14.1. The van der Waals surface area contributed by atoms with Gasteiger partial charge in [0.25, 0.3) is 0 Å². The number of nitrogens with one attached hydrogen (secondary N) is 1. The van der Waals surface area contributed by atoms with Crippen LogP contribution in [-0.2, 0) is 11.2 Å². The molecular weight excluding hydrogens is 252 g/mol. The molecule has 1 aliphatic heterocycles. The van der Waals surface area contributed by atoms with Gasteiger partial charge in [0.15, 0.2) is 5.75 Å². The van der Waals surface area contributed by atoms with Crippen LogP contribution in [0.15, 0.2) is 36.4 Å². The Morgan fingerprint density at radius 3 is 2.75 bits per heavy atom. The average Bonchev–Trinajstić information content (AvgIpc) is 2.42. The van der Waals surface area contributed by atoms with Crippen molar-refractivity contribution in [3.63, 3.8) is 0 Å². The quantitative estimate of drug-likeness (QED) is 0.822. The Labute approximate surface area is 117 Å². The van der Waals surface area contributed by atoms with Crippen LogP contribution in [0.25, 0.3) is 0 Å². The van der Waals surface area contributed by atoms with Gasteiger partial charge in [-0.05, 0) is 42.7 Å².